The lowest BCUT2D eigenvalue weighted by atomic mass is 9.93. The van der Waals surface area contributed by atoms with Gasteiger partial charge < -0.3 is 5.73 Å². The summed E-state index contributed by atoms with van der Waals surface area (Å²) < 4.78 is 26.1. The standard InChI is InChI=1S/C11H15F2N/c1-6(2)11(14)9-4-8(12)5-10(13)7(9)3/h4-6,11H,14H2,1-3H3. The fourth-order valence-electron chi connectivity index (χ4n) is 1.37. The first-order valence-corrected chi connectivity index (χ1v) is 4.64. The van der Waals surface area contributed by atoms with Gasteiger partial charge in [-0.2, -0.15) is 0 Å². The second-order valence-electron chi connectivity index (χ2n) is 3.87. The lowest BCUT2D eigenvalue weighted by molar-refractivity contribution is 0.498. The highest BCUT2D eigenvalue weighted by Crippen LogP contribution is 2.24. The van der Waals surface area contributed by atoms with Gasteiger partial charge >= 0.3 is 0 Å². The summed E-state index contributed by atoms with van der Waals surface area (Å²) in [6.07, 6.45) is 0. The first-order chi connectivity index (χ1) is 6.43. The number of hydrogen-bond donors (Lipinski definition) is 1. The van der Waals surface area contributed by atoms with Crippen LogP contribution in [0.5, 0.6) is 0 Å². The minimum Gasteiger partial charge on any atom is -0.324 e. The normalized spacial score (nSPS) is 13.4. The smallest absolute Gasteiger partial charge is 0.129 e. The molecule has 0 radical (unpaired) electrons. The van der Waals surface area contributed by atoms with Gasteiger partial charge in [0.1, 0.15) is 11.6 Å². The van der Waals surface area contributed by atoms with Gasteiger partial charge in [-0.05, 0) is 30.0 Å². The summed E-state index contributed by atoms with van der Waals surface area (Å²) in [5.41, 5.74) is 6.83. The Morgan fingerprint density at radius 1 is 1.21 bits per heavy atom. The van der Waals surface area contributed by atoms with Crippen LogP contribution in [0.2, 0.25) is 0 Å². The first-order valence-electron chi connectivity index (χ1n) is 4.64. The second kappa shape index (κ2) is 4.05. The van der Waals surface area contributed by atoms with Crippen molar-refractivity contribution in [3.8, 4) is 0 Å². The van der Waals surface area contributed by atoms with Gasteiger partial charge in [-0.25, -0.2) is 8.78 Å². The van der Waals surface area contributed by atoms with Crippen LogP contribution in [0.4, 0.5) is 8.78 Å². The van der Waals surface area contributed by atoms with Crippen LogP contribution in [0.25, 0.3) is 0 Å². The molecule has 0 aliphatic rings. The average Bonchev–Trinajstić information content (AvgIpc) is 2.09. The minimum atomic E-state index is -0.570. The molecule has 0 heterocycles. The molecule has 1 rings (SSSR count). The van der Waals surface area contributed by atoms with E-state index in [9.17, 15) is 8.78 Å². The van der Waals surface area contributed by atoms with Crippen LogP contribution in [0.1, 0.15) is 31.0 Å². The summed E-state index contributed by atoms with van der Waals surface area (Å²) in [6.45, 7) is 5.46. The molecule has 0 spiro atoms. The summed E-state index contributed by atoms with van der Waals surface area (Å²) in [5, 5.41) is 0. The molecule has 78 valence electrons. The van der Waals surface area contributed by atoms with Crippen molar-refractivity contribution >= 4 is 0 Å². The van der Waals surface area contributed by atoms with E-state index in [1.807, 2.05) is 13.8 Å². The molecule has 3 heteroatoms. The molecule has 1 atom stereocenters. The van der Waals surface area contributed by atoms with Crippen LogP contribution in [0.3, 0.4) is 0 Å². The van der Waals surface area contributed by atoms with Crippen LogP contribution in [-0.2, 0) is 0 Å². The largest absolute Gasteiger partial charge is 0.324 e. The van der Waals surface area contributed by atoms with Crippen molar-refractivity contribution in [3.05, 3.63) is 34.9 Å². The van der Waals surface area contributed by atoms with E-state index < -0.39 is 11.6 Å². The third-order valence-electron chi connectivity index (χ3n) is 2.43. The molecule has 0 bridgehead atoms. The van der Waals surface area contributed by atoms with Crippen molar-refractivity contribution in [1.29, 1.82) is 0 Å². The summed E-state index contributed by atoms with van der Waals surface area (Å²) in [7, 11) is 0. The molecule has 1 unspecified atom stereocenters. The summed E-state index contributed by atoms with van der Waals surface area (Å²) in [6, 6.07) is 1.87. The molecule has 0 fully saturated rings. The lowest BCUT2D eigenvalue weighted by Crippen LogP contribution is -2.18. The Bertz CT molecular complexity index is 334. The SMILES string of the molecule is Cc1c(F)cc(F)cc1C(N)C(C)C. The van der Waals surface area contributed by atoms with E-state index in [1.54, 1.807) is 6.92 Å². The fraction of sp³-hybridized carbons (Fsp3) is 0.455. The Balaban J connectivity index is 3.20. The molecule has 0 aliphatic carbocycles. The average molecular weight is 199 g/mol. The summed E-state index contributed by atoms with van der Waals surface area (Å²) >= 11 is 0. The zero-order chi connectivity index (χ0) is 10.9. The third kappa shape index (κ3) is 2.10. The minimum absolute atomic E-state index is 0.162. The van der Waals surface area contributed by atoms with Crippen molar-refractivity contribution in [2.45, 2.75) is 26.8 Å². The quantitative estimate of drug-likeness (QED) is 0.778. The van der Waals surface area contributed by atoms with Crippen molar-refractivity contribution in [3.63, 3.8) is 0 Å². The molecular formula is C11H15F2N. The van der Waals surface area contributed by atoms with E-state index in [1.165, 1.54) is 6.07 Å². The Kier molecular flexibility index (Phi) is 3.21. The van der Waals surface area contributed by atoms with Gasteiger partial charge in [0.15, 0.2) is 0 Å². The van der Waals surface area contributed by atoms with Gasteiger partial charge in [0.25, 0.3) is 0 Å². The van der Waals surface area contributed by atoms with Gasteiger partial charge in [0, 0.05) is 12.1 Å². The number of nitrogens with two attached hydrogens (primary N) is 1. The van der Waals surface area contributed by atoms with Crippen LogP contribution < -0.4 is 5.73 Å². The van der Waals surface area contributed by atoms with E-state index in [0.717, 1.165) is 6.07 Å². The summed E-state index contributed by atoms with van der Waals surface area (Å²) in [5.74, 6) is -0.940. The topological polar surface area (TPSA) is 26.0 Å². The number of hydrogen-bond acceptors (Lipinski definition) is 1. The predicted octanol–water partition coefficient (Wildman–Crippen LogP) is 2.93. The molecule has 1 aromatic rings. The Morgan fingerprint density at radius 2 is 1.79 bits per heavy atom. The zero-order valence-electron chi connectivity index (χ0n) is 8.64. The van der Waals surface area contributed by atoms with Gasteiger partial charge in [0.05, 0.1) is 0 Å². The van der Waals surface area contributed by atoms with Gasteiger partial charge in [-0.15, -0.1) is 0 Å². The van der Waals surface area contributed by atoms with Crippen LogP contribution >= 0.6 is 0 Å². The number of halogens is 2. The molecule has 0 aromatic heterocycles. The maximum Gasteiger partial charge on any atom is 0.129 e. The first kappa shape index (κ1) is 11.1. The molecule has 1 nitrogen and oxygen atoms in total. The van der Waals surface area contributed by atoms with Gasteiger partial charge in [-0.3, -0.25) is 0 Å². The molecule has 0 amide bonds. The van der Waals surface area contributed by atoms with Crippen molar-refractivity contribution < 1.29 is 8.78 Å². The van der Waals surface area contributed by atoms with Crippen molar-refractivity contribution in [2.75, 3.05) is 0 Å². The number of benzene rings is 1. The molecule has 1 aromatic carbocycles. The van der Waals surface area contributed by atoms with Crippen LogP contribution in [0.15, 0.2) is 12.1 Å². The molecule has 0 aliphatic heterocycles. The number of rotatable bonds is 2. The van der Waals surface area contributed by atoms with E-state index in [4.69, 9.17) is 5.73 Å². The maximum absolute atomic E-state index is 13.2. The molecule has 14 heavy (non-hydrogen) atoms. The summed E-state index contributed by atoms with van der Waals surface area (Å²) in [4.78, 5) is 0. The second-order valence-corrected chi connectivity index (χ2v) is 3.87. The molecule has 0 saturated heterocycles. The highest BCUT2D eigenvalue weighted by molar-refractivity contribution is 5.31. The molecule has 2 N–H and O–H groups in total. The Morgan fingerprint density at radius 3 is 2.29 bits per heavy atom. The van der Waals surface area contributed by atoms with Gasteiger partial charge in [0.2, 0.25) is 0 Å². The zero-order valence-corrected chi connectivity index (χ0v) is 8.64. The van der Waals surface area contributed by atoms with E-state index in [-0.39, 0.29) is 12.0 Å². The van der Waals surface area contributed by atoms with E-state index >= 15 is 0 Å². The maximum atomic E-state index is 13.2. The third-order valence-corrected chi connectivity index (χ3v) is 2.43. The molecular weight excluding hydrogens is 184 g/mol. The van der Waals surface area contributed by atoms with E-state index in [0.29, 0.717) is 11.1 Å². The Hall–Kier alpha value is -0.960. The lowest BCUT2D eigenvalue weighted by Gasteiger charge is -2.18. The fourth-order valence-corrected chi connectivity index (χ4v) is 1.37. The van der Waals surface area contributed by atoms with E-state index in [2.05, 4.69) is 0 Å². The predicted molar refractivity (Wildman–Crippen MR) is 52.9 cm³/mol. The van der Waals surface area contributed by atoms with Crippen LogP contribution in [-0.4, -0.2) is 0 Å². The van der Waals surface area contributed by atoms with Crippen molar-refractivity contribution in [2.24, 2.45) is 11.7 Å². The Labute approximate surface area is 82.9 Å². The van der Waals surface area contributed by atoms with Crippen molar-refractivity contribution in [1.82, 2.24) is 0 Å². The highest BCUT2D eigenvalue weighted by atomic mass is 19.1. The highest BCUT2D eigenvalue weighted by Gasteiger charge is 2.16. The monoisotopic (exact) mass is 199 g/mol. The molecule has 0 saturated carbocycles. The van der Waals surface area contributed by atoms with Crippen LogP contribution in [0, 0.1) is 24.5 Å². The van der Waals surface area contributed by atoms with Gasteiger partial charge in [-0.1, -0.05) is 13.8 Å².